The van der Waals surface area contributed by atoms with E-state index in [2.05, 4.69) is 62.5 Å². The molecule has 1 rings (SSSR count). The summed E-state index contributed by atoms with van der Waals surface area (Å²) >= 11 is 0. The molecule has 1 aliphatic heterocycles. The van der Waals surface area contributed by atoms with Gasteiger partial charge in [0, 0.05) is 19.4 Å². The summed E-state index contributed by atoms with van der Waals surface area (Å²) in [5, 5.41) is 0. The molecule has 5 heteroatoms. The molecule has 1 heterocycles. The van der Waals surface area contributed by atoms with E-state index in [1.165, 1.54) is 136 Å². The lowest BCUT2D eigenvalue weighted by Crippen LogP contribution is -2.37. The molecule has 0 aromatic heterocycles. The van der Waals surface area contributed by atoms with Crippen molar-refractivity contribution in [1.29, 1.82) is 0 Å². The predicted octanol–water partition coefficient (Wildman–Crippen LogP) is 12.6. The quantitative estimate of drug-likeness (QED) is 0.0383. The zero-order chi connectivity index (χ0) is 35.5. The lowest BCUT2D eigenvalue weighted by atomic mass is 9.98. The SMILES string of the molecule is CCCCCC=CCC=CCCCCCCCCC1(CCCCCCCCC=CCC=CCCCCC)OC[C@H](CN(C)CC(=O)OC)O1. The highest BCUT2D eigenvalue weighted by molar-refractivity contribution is 5.71. The van der Waals surface area contributed by atoms with Gasteiger partial charge < -0.3 is 14.2 Å². The van der Waals surface area contributed by atoms with Gasteiger partial charge in [-0.2, -0.15) is 0 Å². The van der Waals surface area contributed by atoms with E-state index in [-0.39, 0.29) is 18.6 Å². The van der Waals surface area contributed by atoms with E-state index in [9.17, 15) is 4.79 Å². The number of likely N-dealkylation sites (N-methyl/N-ethyl adjacent to an activating group) is 1. The maximum Gasteiger partial charge on any atom is 0.319 e. The van der Waals surface area contributed by atoms with Crippen LogP contribution in [0.25, 0.3) is 0 Å². The highest BCUT2D eigenvalue weighted by atomic mass is 16.7. The highest BCUT2D eigenvalue weighted by Gasteiger charge is 2.40. The van der Waals surface area contributed by atoms with Crippen LogP contribution in [-0.2, 0) is 19.0 Å². The second kappa shape index (κ2) is 33.5. The van der Waals surface area contributed by atoms with Crippen molar-refractivity contribution in [3.63, 3.8) is 0 Å². The van der Waals surface area contributed by atoms with Crippen LogP contribution in [0.5, 0.6) is 0 Å². The van der Waals surface area contributed by atoms with Gasteiger partial charge in [0.05, 0.1) is 26.4 Å². The van der Waals surface area contributed by atoms with Gasteiger partial charge in [-0.1, -0.05) is 140 Å². The Balaban J connectivity index is 2.27. The van der Waals surface area contributed by atoms with E-state index in [1.54, 1.807) is 0 Å². The van der Waals surface area contributed by atoms with Crippen molar-refractivity contribution in [2.45, 2.75) is 193 Å². The second-order valence-electron chi connectivity index (χ2n) is 14.4. The van der Waals surface area contributed by atoms with Gasteiger partial charge >= 0.3 is 5.97 Å². The topological polar surface area (TPSA) is 48.0 Å². The average molecular weight is 686 g/mol. The molecule has 0 radical (unpaired) electrons. The van der Waals surface area contributed by atoms with Gasteiger partial charge in [0.2, 0.25) is 0 Å². The number of ether oxygens (including phenoxy) is 3. The van der Waals surface area contributed by atoms with Crippen LogP contribution in [0.4, 0.5) is 0 Å². The molecular formula is C44H79NO4. The molecule has 0 bridgehead atoms. The lowest BCUT2D eigenvalue weighted by molar-refractivity contribution is -0.180. The van der Waals surface area contributed by atoms with Crippen molar-refractivity contribution in [1.82, 2.24) is 4.90 Å². The Bertz CT molecular complexity index is 815. The minimum Gasteiger partial charge on any atom is -0.468 e. The molecule has 0 amide bonds. The normalized spacial score (nSPS) is 18.4. The molecule has 0 aromatic carbocycles. The van der Waals surface area contributed by atoms with Gasteiger partial charge in [-0.25, -0.2) is 0 Å². The van der Waals surface area contributed by atoms with Crippen LogP contribution in [0.2, 0.25) is 0 Å². The van der Waals surface area contributed by atoms with Gasteiger partial charge in [-0.15, -0.1) is 0 Å². The summed E-state index contributed by atoms with van der Waals surface area (Å²) < 4.78 is 17.9. The fraction of sp³-hybridized carbons (Fsp3) is 0.795. The van der Waals surface area contributed by atoms with Crippen LogP contribution in [-0.4, -0.2) is 56.6 Å². The average Bonchev–Trinajstić information content (AvgIpc) is 3.49. The predicted molar refractivity (Wildman–Crippen MR) is 211 cm³/mol. The molecule has 0 aromatic rings. The number of unbranched alkanes of at least 4 members (excludes halogenated alkanes) is 18. The monoisotopic (exact) mass is 686 g/mol. The largest absolute Gasteiger partial charge is 0.468 e. The zero-order valence-corrected chi connectivity index (χ0v) is 32.8. The Hall–Kier alpha value is -1.69. The molecule has 0 spiro atoms. The number of hydrogen-bond acceptors (Lipinski definition) is 5. The lowest BCUT2D eigenvalue weighted by Gasteiger charge is -2.29. The number of nitrogens with zero attached hydrogens (tertiary/aromatic N) is 1. The maximum atomic E-state index is 11.7. The third-order valence-corrected chi connectivity index (χ3v) is 9.57. The van der Waals surface area contributed by atoms with Crippen LogP contribution >= 0.6 is 0 Å². The van der Waals surface area contributed by atoms with E-state index in [0.29, 0.717) is 13.2 Å². The molecule has 0 unspecified atom stereocenters. The van der Waals surface area contributed by atoms with Crippen molar-refractivity contribution in [3.8, 4) is 0 Å². The van der Waals surface area contributed by atoms with Gasteiger partial charge in [0.1, 0.15) is 0 Å². The highest BCUT2D eigenvalue weighted by Crippen LogP contribution is 2.35. The number of carbonyl (C=O) groups excluding carboxylic acids is 1. The Labute approximate surface area is 304 Å². The Morgan fingerprint density at radius 3 is 1.47 bits per heavy atom. The van der Waals surface area contributed by atoms with Gasteiger partial charge in [0.25, 0.3) is 0 Å². The zero-order valence-electron chi connectivity index (χ0n) is 32.8. The molecule has 0 saturated carbocycles. The molecule has 1 fully saturated rings. The number of rotatable bonds is 34. The molecule has 49 heavy (non-hydrogen) atoms. The van der Waals surface area contributed by atoms with Crippen molar-refractivity contribution in [2.75, 3.05) is 33.9 Å². The summed E-state index contributed by atoms with van der Waals surface area (Å²) in [5.41, 5.74) is 0. The molecule has 1 saturated heterocycles. The van der Waals surface area contributed by atoms with Crippen molar-refractivity contribution < 1.29 is 19.0 Å². The van der Waals surface area contributed by atoms with E-state index >= 15 is 0 Å². The summed E-state index contributed by atoms with van der Waals surface area (Å²) in [5.74, 6) is -0.670. The molecule has 284 valence electrons. The second-order valence-corrected chi connectivity index (χ2v) is 14.4. The Morgan fingerprint density at radius 1 is 0.633 bits per heavy atom. The third kappa shape index (κ3) is 27.7. The summed E-state index contributed by atoms with van der Waals surface area (Å²) in [6.45, 7) is 6.09. The minimum atomic E-state index is -0.457. The smallest absolute Gasteiger partial charge is 0.319 e. The molecule has 1 atom stereocenters. The van der Waals surface area contributed by atoms with Crippen molar-refractivity contribution in [3.05, 3.63) is 48.6 Å². The fourth-order valence-electron chi connectivity index (χ4n) is 6.56. The number of methoxy groups -OCH3 is 1. The van der Waals surface area contributed by atoms with Gasteiger partial charge in [-0.3, -0.25) is 9.69 Å². The Morgan fingerprint density at radius 2 is 1.04 bits per heavy atom. The van der Waals surface area contributed by atoms with Crippen LogP contribution < -0.4 is 0 Å². The van der Waals surface area contributed by atoms with Crippen LogP contribution in [0.15, 0.2) is 48.6 Å². The third-order valence-electron chi connectivity index (χ3n) is 9.57. The Kier molecular flexibility index (Phi) is 30.9. The van der Waals surface area contributed by atoms with Crippen LogP contribution in [0, 0.1) is 0 Å². The number of allylic oxidation sites excluding steroid dienone is 8. The number of hydrogen-bond donors (Lipinski definition) is 0. The summed E-state index contributed by atoms with van der Waals surface area (Å²) in [4.78, 5) is 13.7. The van der Waals surface area contributed by atoms with Gasteiger partial charge in [-0.05, 0) is 84.1 Å². The molecular weight excluding hydrogens is 606 g/mol. The molecule has 5 nitrogen and oxygen atoms in total. The van der Waals surface area contributed by atoms with E-state index in [0.717, 1.165) is 38.5 Å². The van der Waals surface area contributed by atoms with Crippen molar-refractivity contribution >= 4 is 5.97 Å². The van der Waals surface area contributed by atoms with E-state index in [1.807, 2.05) is 11.9 Å². The first-order valence-corrected chi connectivity index (χ1v) is 20.7. The maximum absolute atomic E-state index is 11.7. The molecule has 0 N–H and O–H groups in total. The molecule has 0 aliphatic carbocycles. The van der Waals surface area contributed by atoms with E-state index in [4.69, 9.17) is 14.2 Å². The summed E-state index contributed by atoms with van der Waals surface area (Å²) in [6.07, 6.45) is 50.8. The van der Waals surface area contributed by atoms with Gasteiger partial charge in [0.15, 0.2) is 5.79 Å². The van der Waals surface area contributed by atoms with Crippen LogP contribution in [0.1, 0.15) is 181 Å². The van der Waals surface area contributed by atoms with E-state index < -0.39 is 5.79 Å². The standard InChI is InChI=1S/C44H79NO4/c1-5-7-9-11-13-15-17-19-21-23-25-27-29-31-33-35-37-44(48-41-42(49-44)39-45(3)40-43(46)47-4)38-36-34-32-30-28-26-24-22-20-18-16-14-12-10-8-6-2/h13-16,19-22,42H,5-12,17-18,23-41H2,1-4H3/t42-,44?/m0/s1. The number of esters is 1. The first kappa shape index (κ1) is 45.3. The molecule has 1 aliphatic rings. The first-order valence-electron chi connectivity index (χ1n) is 20.7. The van der Waals surface area contributed by atoms with Crippen molar-refractivity contribution in [2.24, 2.45) is 0 Å². The fourth-order valence-corrected chi connectivity index (χ4v) is 6.56. The van der Waals surface area contributed by atoms with Crippen LogP contribution in [0.3, 0.4) is 0 Å². The first-order chi connectivity index (χ1) is 24.0. The minimum absolute atomic E-state index is 0.00358. The summed E-state index contributed by atoms with van der Waals surface area (Å²) in [6, 6.07) is 0. The number of carbonyl (C=O) groups is 1. The summed E-state index contributed by atoms with van der Waals surface area (Å²) in [7, 11) is 3.39.